The van der Waals surface area contributed by atoms with E-state index in [1.165, 1.54) is 25.3 Å². The molecule has 0 aliphatic carbocycles. The summed E-state index contributed by atoms with van der Waals surface area (Å²) in [6.07, 6.45) is 6.68. The third-order valence-corrected chi connectivity index (χ3v) is 3.12. The van der Waals surface area contributed by atoms with Crippen LogP contribution >= 0.6 is 0 Å². The average molecular weight is 283 g/mol. The fourth-order valence-corrected chi connectivity index (χ4v) is 1.98. The van der Waals surface area contributed by atoms with E-state index in [1.54, 1.807) is 0 Å². The Morgan fingerprint density at radius 1 is 1.25 bits per heavy atom. The predicted octanol–water partition coefficient (Wildman–Crippen LogP) is 3.85. The summed E-state index contributed by atoms with van der Waals surface area (Å²) in [6.45, 7) is 2.58. The molecule has 0 saturated carbocycles. The smallest absolute Gasteiger partial charge is 0.341 e. The quantitative estimate of drug-likeness (QED) is 0.533. The fraction of sp³-hybridized carbons (Fsp3) is 0.533. The molecule has 20 heavy (non-hydrogen) atoms. The zero-order valence-corrected chi connectivity index (χ0v) is 11.8. The van der Waals surface area contributed by atoms with E-state index in [4.69, 9.17) is 15.6 Å². The van der Waals surface area contributed by atoms with Gasteiger partial charge >= 0.3 is 5.97 Å². The zero-order valence-electron chi connectivity index (χ0n) is 11.8. The summed E-state index contributed by atoms with van der Waals surface area (Å²) >= 11 is 0. The third kappa shape index (κ3) is 4.72. The Labute approximate surface area is 118 Å². The first-order valence-electron chi connectivity index (χ1n) is 7.02. The second-order valence-electron chi connectivity index (χ2n) is 4.76. The summed E-state index contributed by atoms with van der Waals surface area (Å²) in [5.41, 5.74) is 4.76. The topological polar surface area (TPSA) is 72.5 Å². The molecule has 1 rings (SSSR count). The second-order valence-corrected chi connectivity index (χ2v) is 4.76. The van der Waals surface area contributed by atoms with Gasteiger partial charge < -0.3 is 15.6 Å². The van der Waals surface area contributed by atoms with E-state index in [2.05, 4.69) is 6.92 Å². The van der Waals surface area contributed by atoms with Crippen LogP contribution in [0.4, 0.5) is 10.1 Å². The highest BCUT2D eigenvalue weighted by Gasteiger charge is 2.18. The molecule has 4 nitrogen and oxygen atoms in total. The van der Waals surface area contributed by atoms with Gasteiger partial charge in [-0.15, -0.1) is 0 Å². The van der Waals surface area contributed by atoms with E-state index in [9.17, 15) is 9.18 Å². The maximum atomic E-state index is 13.2. The van der Waals surface area contributed by atoms with Crippen LogP contribution in [0.1, 0.15) is 55.8 Å². The van der Waals surface area contributed by atoms with Gasteiger partial charge in [-0.05, 0) is 18.6 Å². The summed E-state index contributed by atoms with van der Waals surface area (Å²) < 4.78 is 18.7. The fourth-order valence-electron chi connectivity index (χ4n) is 1.98. The van der Waals surface area contributed by atoms with Crippen molar-refractivity contribution in [3.05, 3.63) is 23.5 Å². The SMILES string of the molecule is CCCCCCCCOc1ccc(F)c(N)c1C(=O)O. The number of nitrogen functional groups attached to an aromatic ring is 1. The number of carboxylic acids is 1. The van der Waals surface area contributed by atoms with Gasteiger partial charge in [-0.3, -0.25) is 0 Å². The first kappa shape index (κ1) is 16.3. The minimum atomic E-state index is -1.28. The molecule has 0 aliphatic heterocycles. The van der Waals surface area contributed by atoms with Crippen molar-refractivity contribution >= 4 is 11.7 Å². The van der Waals surface area contributed by atoms with Crippen molar-refractivity contribution in [1.82, 2.24) is 0 Å². The van der Waals surface area contributed by atoms with E-state index in [0.717, 1.165) is 25.3 Å². The Morgan fingerprint density at radius 2 is 1.90 bits per heavy atom. The lowest BCUT2D eigenvalue weighted by Crippen LogP contribution is -2.09. The van der Waals surface area contributed by atoms with Crippen LogP contribution in [0.25, 0.3) is 0 Å². The van der Waals surface area contributed by atoms with Crippen LogP contribution in [-0.2, 0) is 0 Å². The molecule has 112 valence electrons. The number of nitrogens with two attached hydrogens (primary N) is 1. The first-order chi connectivity index (χ1) is 9.57. The standard InChI is InChI=1S/C15H22FNO3/c1-2-3-4-5-6-7-10-20-12-9-8-11(16)14(17)13(12)15(18)19/h8-9H,2-7,10,17H2,1H3,(H,18,19). The van der Waals surface area contributed by atoms with E-state index in [-0.39, 0.29) is 17.0 Å². The van der Waals surface area contributed by atoms with Gasteiger partial charge in [0.25, 0.3) is 0 Å². The Bertz CT molecular complexity index is 449. The average Bonchev–Trinajstić information content (AvgIpc) is 2.41. The van der Waals surface area contributed by atoms with Gasteiger partial charge in [-0.2, -0.15) is 0 Å². The van der Waals surface area contributed by atoms with Gasteiger partial charge in [-0.1, -0.05) is 39.0 Å². The molecule has 0 spiro atoms. The maximum Gasteiger partial charge on any atom is 0.341 e. The molecule has 5 heteroatoms. The van der Waals surface area contributed by atoms with Crippen LogP contribution in [0, 0.1) is 5.82 Å². The molecule has 0 radical (unpaired) electrons. The molecule has 0 heterocycles. The molecule has 0 fully saturated rings. The van der Waals surface area contributed by atoms with E-state index < -0.39 is 11.8 Å². The second kappa shape index (κ2) is 8.40. The molecule has 0 unspecified atom stereocenters. The molecule has 1 aromatic carbocycles. The van der Waals surface area contributed by atoms with Gasteiger partial charge in [0.05, 0.1) is 12.3 Å². The number of rotatable bonds is 9. The number of carboxylic acid groups (broad SMARTS) is 1. The van der Waals surface area contributed by atoms with E-state index in [0.29, 0.717) is 6.61 Å². The van der Waals surface area contributed by atoms with Crippen LogP contribution in [-0.4, -0.2) is 17.7 Å². The molecule has 0 amide bonds. The number of ether oxygens (including phenoxy) is 1. The predicted molar refractivity (Wildman–Crippen MR) is 76.6 cm³/mol. The maximum absolute atomic E-state index is 13.2. The number of benzene rings is 1. The summed E-state index contributed by atoms with van der Waals surface area (Å²) in [6, 6.07) is 2.44. The van der Waals surface area contributed by atoms with Gasteiger partial charge in [-0.25, -0.2) is 9.18 Å². The van der Waals surface area contributed by atoms with Crippen LogP contribution in [0.5, 0.6) is 5.75 Å². The van der Waals surface area contributed by atoms with Crippen LogP contribution < -0.4 is 10.5 Å². The Balaban J connectivity index is 2.48. The molecule has 0 aromatic heterocycles. The molecule has 3 N–H and O–H groups in total. The summed E-state index contributed by atoms with van der Waals surface area (Å²) in [5.74, 6) is -1.89. The van der Waals surface area contributed by atoms with Gasteiger partial charge in [0.15, 0.2) is 0 Å². The van der Waals surface area contributed by atoms with Crippen molar-refractivity contribution in [3.63, 3.8) is 0 Å². The number of unbranched alkanes of at least 4 members (excludes halogenated alkanes) is 5. The molecular formula is C15H22FNO3. The van der Waals surface area contributed by atoms with E-state index in [1.807, 2.05) is 0 Å². The molecule has 0 saturated heterocycles. The Hall–Kier alpha value is -1.78. The number of carbonyl (C=O) groups is 1. The summed E-state index contributed by atoms with van der Waals surface area (Å²) in [4.78, 5) is 11.1. The number of hydrogen-bond donors (Lipinski definition) is 2. The lowest BCUT2D eigenvalue weighted by Gasteiger charge is -2.11. The molecule has 1 aromatic rings. The molecular weight excluding hydrogens is 261 g/mol. The van der Waals surface area contributed by atoms with Crippen molar-refractivity contribution in [2.75, 3.05) is 12.3 Å². The largest absolute Gasteiger partial charge is 0.493 e. The van der Waals surface area contributed by atoms with Gasteiger partial charge in [0, 0.05) is 0 Å². The van der Waals surface area contributed by atoms with Crippen LogP contribution in [0.3, 0.4) is 0 Å². The number of anilines is 1. The molecule has 0 atom stereocenters. The van der Waals surface area contributed by atoms with Crippen molar-refractivity contribution in [2.45, 2.75) is 45.4 Å². The summed E-state index contributed by atoms with van der Waals surface area (Å²) in [5, 5.41) is 9.04. The zero-order chi connectivity index (χ0) is 15.0. The summed E-state index contributed by atoms with van der Waals surface area (Å²) in [7, 11) is 0. The lowest BCUT2D eigenvalue weighted by molar-refractivity contribution is 0.0693. The molecule has 0 aliphatic rings. The van der Waals surface area contributed by atoms with E-state index >= 15 is 0 Å². The minimum Gasteiger partial charge on any atom is -0.493 e. The first-order valence-corrected chi connectivity index (χ1v) is 7.02. The highest BCUT2D eigenvalue weighted by Crippen LogP contribution is 2.27. The van der Waals surface area contributed by atoms with Crippen molar-refractivity contribution in [2.24, 2.45) is 0 Å². The van der Waals surface area contributed by atoms with Crippen molar-refractivity contribution in [1.29, 1.82) is 0 Å². The van der Waals surface area contributed by atoms with Gasteiger partial charge in [0.2, 0.25) is 0 Å². The normalized spacial score (nSPS) is 10.5. The highest BCUT2D eigenvalue weighted by molar-refractivity contribution is 5.96. The van der Waals surface area contributed by atoms with Crippen molar-refractivity contribution < 1.29 is 19.0 Å². The number of hydrogen-bond acceptors (Lipinski definition) is 3. The van der Waals surface area contributed by atoms with Crippen molar-refractivity contribution in [3.8, 4) is 5.75 Å². The third-order valence-electron chi connectivity index (χ3n) is 3.12. The Morgan fingerprint density at radius 3 is 2.55 bits per heavy atom. The highest BCUT2D eigenvalue weighted by atomic mass is 19.1. The van der Waals surface area contributed by atoms with Gasteiger partial charge in [0.1, 0.15) is 17.1 Å². The van der Waals surface area contributed by atoms with Crippen LogP contribution in [0.15, 0.2) is 12.1 Å². The number of halogens is 1. The minimum absolute atomic E-state index is 0.130. The Kier molecular flexibility index (Phi) is 6.84. The number of aromatic carboxylic acids is 1. The monoisotopic (exact) mass is 283 g/mol. The molecule has 0 bridgehead atoms. The lowest BCUT2D eigenvalue weighted by atomic mass is 10.1. The van der Waals surface area contributed by atoms with Crippen LogP contribution in [0.2, 0.25) is 0 Å².